The molecule has 0 saturated carbocycles. The Morgan fingerprint density at radius 3 is 1.06 bits per heavy atom. The molecule has 4 aromatic heterocycles. The monoisotopic (exact) mass is 794 g/mol. The molecule has 9 aromatic carbocycles. The molecule has 13 rings (SSSR count). The summed E-state index contributed by atoms with van der Waals surface area (Å²) in [6.07, 6.45) is 0. The molecule has 6 nitrogen and oxygen atoms in total. The first-order valence-corrected chi connectivity index (χ1v) is 20.8. The molecular formula is C56H34N4O2. The van der Waals surface area contributed by atoms with Crippen molar-refractivity contribution in [3.63, 3.8) is 0 Å². The summed E-state index contributed by atoms with van der Waals surface area (Å²) < 4.78 is 17.0. The molecule has 0 unspecified atom stereocenters. The number of aromatic nitrogens is 4. The highest BCUT2D eigenvalue weighted by Gasteiger charge is 2.20. The molecule has 0 radical (unpaired) electrons. The summed E-state index contributed by atoms with van der Waals surface area (Å²) in [5.41, 5.74) is 16.6. The molecule has 62 heavy (non-hydrogen) atoms. The number of benzene rings is 9. The average Bonchev–Trinajstić information content (AvgIpc) is 4.12. The van der Waals surface area contributed by atoms with Crippen molar-refractivity contribution >= 4 is 65.8 Å². The van der Waals surface area contributed by atoms with Crippen molar-refractivity contribution in [1.82, 2.24) is 19.1 Å². The van der Waals surface area contributed by atoms with Gasteiger partial charge in [-0.2, -0.15) is 0 Å². The molecule has 0 bridgehead atoms. The normalized spacial score (nSPS) is 11.9. The highest BCUT2D eigenvalue weighted by atomic mass is 16.4. The van der Waals surface area contributed by atoms with E-state index in [0.29, 0.717) is 11.8 Å². The van der Waals surface area contributed by atoms with E-state index in [1.54, 1.807) is 0 Å². The highest BCUT2D eigenvalue weighted by molar-refractivity contribution is 6.19. The SMILES string of the molecule is c1ccc(-n2c3cc(-c4ccc(-c5nc6ccccc6o5)cc4)ccc3c3cc4c(cc32)c2ccc(-c3ccc(-c5nc6ccccc6o5)cc3)cc2n4-c2ccccc2)cc1. The minimum Gasteiger partial charge on any atom is -0.436 e. The lowest BCUT2D eigenvalue weighted by Crippen LogP contribution is -1.94. The van der Waals surface area contributed by atoms with Crippen LogP contribution in [0.15, 0.2) is 215 Å². The number of nitrogens with zero attached hydrogens (tertiary/aromatic N) is 4. The van der Waals surface area contributed by atoms with E-state index in [4.69, 9.17) is 18.8 Å². The summed E-state index contributed by atoms with van der Waals surface area (Å²) in [7, 11) is 0. The Bertz CT molecular complexity index is 3520. The van der Waals surface area contributed by atoms with Crippen LogP contribution in [-0.2, 0) is 0 Å². The van der Waals surface area contributed by atoms with Gasteiger partial charge in [0, 0.05) is 44.0 Å². The van der Waals surface area contributed by atoms with Crippen LogP contribution in [0.2, 0.25) is 0 Å². The van der Waals surface area contributed by atoms with Crippen molar-refractivity contribution in [1.29, 1.82) is 0 Å². The molecule has 0 aliphatic heterocycles. The first kappa shape index (κ1) is 34.4. The minimum absolute atomic E-state index is 0.624. The molecule has 0 aliphatic rings. The fourth-order valence-electron chi connectivity index (χ4n) is 9.20. The third-order valence-electron chi connectivity index (χ3n) is 12.2. The number of rotatable bonds is 6. The van der Waals surface area contributed by atoms with Crippen molar-refractivity contribution in [2.75, 3.05) is 0 Å². The molecule has 0 atom stereocenters. The number of oxazole rings is 2. The molecule has 0 aliphatic carbocycles. The Morgan fingerprint density at radius 2 is 0.645 bits per heavy atom. The van der Waals surface area contributed by atoms with Crippen molar-refractivity contribution in [2.24, 2.45) is 0 Å². The third-order valence-corrected chi connectivity index (χ3v) is 12.2. The average molecular weight is 795 g/mol. The lowest BCUT2D eigenvalue weighted by atomic mass is 10.0. The van der Waals surface area contributed by atoms with Crippen LogP contribution >= 0.6 is 0 Å². The Balaban J connectivity index is 0.964. The summed E-state index contributed by atoms with van der Waals surface area (Å²) in [4.78, 5) is 9.44. The van der Waals surface area contributed by atoms with Crippen molar-refractivity contribution < 1.29 is 8.83 Å². The minimum atomic E-state index is 0.624. The standard InChI is InChI=1S/C56H34N4O2/c1-3-11-41(12-4-1)59-49-31-39(35-19-23-37(24-20-35)55-57-47-15-7-9-17-53(47)61-55)27-29-43(49)45-34-52-46(33-51(45)59)44-30-28-40(32-50(44)60(52)42-13-5-2-6-14-42)36-21-25-38(26-22-36)56-58-48-16-8-10-18-54(48)62-56/h1-34H. The van der Waals surface area contributed by atoms with E-state index in [-0.39, 0.29) is 0 Å². The Kier molecular flexibility index (Phi) is 7.50. The van der Waals surface area contributed by atoms with E-state index in [2.05, 4.69) is 167 Å². The van der Waals surface area contributed by atoms with Gasteiger partial charge >= 0.3 is 0 Å². The van der Waals surface area contributed by atoms with Gasteiger partial charge in [-0.3, -0.25) is 0 Å². The fraction of sp³-hybridized carbons (Fsp3) is 0. The van der Waals surface area contributed by atoms with Crippen LogP contribution in [-0.4, -0.2) is 19.1 Å². The second-order valence-electron chi connectivity index (χ2n) is 15.8. The maximum absolute atomic E-state index is 6.08. The van der Waals surface area contributed by atoms with E-state index in [9.17, 15) is 0 Å². The van der Waals surface area contributed by atoms with Crippen LogP contribution in [0.1, 0.15) is 0 Å². The predicted octanol–water partition coefficient (Wildman–Crippen LogP) is 14.8. The van der Waals surface area contributed by atoms with Crippen LogP contribution in [0.5, 0.6) is 0 Å². The van der Waals surface area contributed by atoms with Gasteiger partial charge in [0.15, 0.2) is 11.2 Å². The second-order valence-corrected chi connectivity index (χ2v) is 15.8. The van der Waals surface area contributed by atoms with Gasteiger partial charge in [0.25, 0.3) is 0 Å². The first-order valence-electron chi connectivity index (χ1n) is 20.8. The van der Waals surface area contributed by atoms with Crippen LogP contribution in [0, 0.1) is 0 Å². The number of hydrogen-bond donors (Lipinski definition) is 0. The lowest BCUT2D eigenvalue weighted by Gasteiger charge is -2.10. The summed E-state index contributed by atoms with van der Waals surface area (Å²) in [6, 6.07) is 72.6. The summed E-state index contributed by atoms with van der Waals surface area (Å²) >= 11 is 0. The van der Waals surface area contributed by atoms with Gasteiger partial charge in [0.05, 0.1) is 22.1 Å². The molecular weight excluding hydrogens is 761 g/mol. The molecule has 13 aromatic rings. The topological polar surface area (TPSA) is 61.9 Å². The zero-order chi connectivity index (χ0) is 40.7. The smallest absolute Gasteiger partial charge is 0.227 e. The van der Waals surface area contributed by atoms with Crippen molar-refractivity contribution in [3.8, 4) is 56.5 Å². The highest BCUT2D eigenvalue weighted by Crippen LogP contribution is 2.42. The zero-order valence-electron chi connectivity index (χ0n) is 33.2. The molecule has 4 heterocycles. The van der Waals surface area contributed by atoms with Gasteiger partial charge in [-0.25, -0.2) is 9.97 Å². The molecule has 290 valence electrons. The summed E-state index contributed by atoms with van der Waals surface area (Å²) in [5.74, 6) is 1.25. The largest absolute Gasteiger partial charge is 0.436 e. The van der Waals surface area contributed by atoms with Gasteiger partial charge in [-0.15, -0.1) is 0 Å². The molecule has 0 saturated heterocycles. The summed E-state index contributed by atoms with van der Waals surface area (Å²) in [5, 5.41) is 4.79. The molecule has 0 amide bonds. The van der Waals surface area contributed by atoms with Gasteiger partial charge in [0.2, 0.25) is 11.8 Å². The van der Waals surface area contributed by atoms with Crippen molar-refractivity contribution in [3.05, 3.63) is 206 Å². The van der Waals surface area contributed by atoms with Gasteiger partial charge in [-0.05, 0) is 119 Å². The van der Waals surface area contributed by atoms with Crippen LogP contribution < -0.4 is 0 Å². The molecule has 0 N–H and O–H groups in total. The Hall–Kier alpha value is -8.48. The van der Waals surface area contributed by atoms with Crippen LogP contribution in [0.3, 0.4) is 0 Å². The number of para-hydroxylation sites is 6. The lowest BCUT2D eigenvalue weighted by molar-refractivity contribution is 0.619. The Morgan fingerprint density at radius 1 is 0.290 bits per heavy atom. The summed E-state index contributed by atoms with van der Waals surface area (Å²) in [6.45, 7) is 0. The van der Waals surface area contributed by atoms with E-state index < -0.39 is 0 Å². The van der Waals surface area contributed by atoms with E-state index in [1.165, 1.54) is 21.5 Å². The van der Waals surface area contributed by atoms with Gasteiger partial charge in [-0.1, -0.05) is 109 Å². The van der Waals surface area contributed by atoms with E-state index in [1.807, 2.05) is 48.5 Å². The quantitative estimate of drug-likeness (QED) is 0.168. The Labute approximate surface area is 355 Å². The van der Waals surface area contributed by atoms with Crippen LogP contribution in [0.4, 0.5) is 0 Å². The zero-order valence-corrected chi connectivity index (χ0v) is 33.2. The van der Waals surface area contributed by atoms with Gasteiger partial charge < -0.3 is 18.0 Å². The maximum atomic E-state index is 6.08. The second kappa shape index (κ2) is 13.5. The number of hydrogen-bond acceptors (Lipinski definition) is 4. The third kappa shape index (κ3) is 5.44. The molecule has 0 spiro atoms. The van der Waals surface area contributed by atoms with E-state index >= 15 is 0 Å². The van der Waals surface area contributed by atoms with Gasteiger partial charge in [0.1, 0.15) is 11.0 Å². The van der Waals surface area contributed by atoms with Crippen LogP contribution in [0.25, 0.3) is 122 Å². The molecule has 0 fully saturated rings. The van der Waals surface area contributed by atoms with Crippen molar-refractivity contribution in [2.45, 2.75) is 0 Å². The maximum Gasteiger partial charge on any atom is 0.227 e. The first-order chi connectivity index (χ1) is 30.7. The van der Waals surface area contributed by atoms with E-state index in [0.717, 1.165) is 89.0 Å². The fourth-order valence-corrected chi connectivity index (χ4v) is 9.20. The molecule has 6 heteroatoms. The number of fused-ring (bicyclic) bond motifs is 8. The predicted molar refractivity (Wildman–Crippen MR) is 252 cm³/mol.